The topological polar surface area (TPSA) is 68.4 Å². The van der Waals surface area contributed by atoms with Crippen LogP contribution >= 0.6 is 0 Å². The van der Waals surface area contributed by atoms with Crippen molar-refractivity contribution < 1.29 is 14.4 Å². The van der Waals surface area contributed by atoms with Crippen LogP contribution in [0, 0.1) is 5.92 Å². The van der Waals surface area contributed by atoms with Crippen LogP contribution in [0.2, 0.25) is 0 Å². The van der Waals surface area contributed by atoms with Crippen molar-refractivity contribution in [1.82, 2.24) is 10.1 Å². The van der Waals surface area contributed by atoms with Gasteiger partial charge in [-0.25, -0.2) is 0 Å². The van der Waals surface area contributed by atoms with E-state index in [0.29, 0.717) is 30.7 Å². The van der Waals surface area contributed by atoms with Gasteiger partial charge in [0, 0.05) is 6.61 Å². The standard InChI is InChI=1S/C14H26N2O3/c1-5-7-12(18-6-2)14-15-13(19-16-14)9-11(17)8-10(3)4/h10-12,17H,5-9H2,1-4H3. The Morgan fingerprint density at radius 1 is 1.32 bits per heavy atom. The normalized spacial score (nSPS) is 14.8. The molecular formula is C14H26N2O3. The summed E-state index contributed by atoms with van der Waals surface area (Å²) in [6.45, 7) is 8.84. The summed E-state index contributed by atoms with van der Waals surface area (Å²) < 4.78 is 10.8. The molecule has 5 nitrogen and oxygen atoms in total. The second-order valence-electron chi connectivity index (χ2n) is 5.27. The summed E-state index contributed by atoms with van der Waals surface area (Å²) in [5.41, 5.74) is 0. The van der Waals surface area contributed by atoms with Crippen molar-refractivity contribution >= 4 is 0 Å². The first-order valence-corrected chi connectivity index (χ1v) is 7.18. The van der Waals surface area contributed by atoms with Gasteiger partial charge < -0.3 is 14.4 Å². The fourth-order valence-corrected chi connectivity index (χ4v) is 2.06. The second kappa shape index (κ2) is 8.27. The van der Waals surface area contributed by atoms with Crippen LogP contribution in [0.1, 0.15) is 64.8 Å². The molecule has 1 rings (SSSR count). The highest BCUT2D eigenvalue weighted by Crippen LogP contribution is 2.20. The van der Waals surface area contributed by atoms with Crippen LogP contribution in [-0.2, 0) is 11.2 Å². The van der Waals surface area contributed by atoms with E-state index in [1.807, 2.05) is 6.92 Å². The van der Waals surface area contributed by atoms with E-state index in [2.05, 4.69) is 30.9 Å². The van der Waals surface area contributed by atoms with Crippen molar-refractivity contribution in [3.8, 4) is 0 Å². The van der Waals surface area contributed by atoms with Gasteiger partial charge in [0.1, 0.15) is 6.10 Å². The molecule has 0 amide bonds. The molecule has 0 aliphatic rings. The van der Waals surface area contributed by atoms with E-state index in [-0.39, 0.29) is 6.10 Å². The van der Waals surface area contributed by atoms with E-state index < -0.39 is 6.10 Å². The van der Waals surface area contributed by atoms with E-state index in [4.69, 9.17) is 9.26 Å². The number of nitrogens with zero attached hydrogens (tertiary/aromatic N) is 2. The van der Waals surface area contributed by atoms with Crippen LogP contribution in [0.5, 0.6) is 0 Å². The van der Waals surface area contributed by atoms with Gasteiger partial charge in [-0.3, -0.25) is 0 Å². The molecule has 0 aliphatic heterocycles. The minimum atomic E-state index is -0.426. The van der Waals surface area contributed by atoms with Crippen LogP contribution in [0.3, 0.4) is 0 Å². The molecule has 5 heteroatoms. The fourth-order valence-electron chi connectivity index (χ4n) is 2.06. The van der Waals surface area contributed by atoms with E-state index in [1.165, 1.54) is 0 Å². The zero-order valence-electron chi connectivity index (χ0n) is 12.4. The predicted octanol–water partition coefficient (Wildman–Crippen LogP) is 2.90. The zero-order chi connectivity index (χ0) is 14.3. The van der Waals surface area contributed by atoms with Crippen LogP contribution in [0.4, 0.5) is 0 Å². The molecule has 0 aliphatic carbocycles. The summed E-state index contributed by atoms with van der Waals surface area (Å²) in [5, 5.41) is 13.8. The predicted molar refractivity (Wildman–Crippen MR) is 72.7 cm³/mol. The van der Waals surface area contributed by atoms with Crippen molar-refractivity contribution in [2.75, 3.05) is 6.61 Å². The Bertz CT molecular complexity index is 346. The summed E-state index contributed by atoms with van der Waals surface area (Å²) in [7, 11) is 0. The summed E-state index contributed by atoms with van der Waals surface area (Å²) >= 11 is 0. The number of hydrogen-bond donors (Lipinski definition) is 1. The van der Waals surface area contributed by atoms with Gasteiger partial charge in [0.15, 0.2) is 0 Å². The molecule has 0 saturated carbocycles. The lowest BCUT2D eigenvalue weighted by atomic mass is 10.0. The van der Waals surface area contributed by atoms with E-state index in [1.54, 1.807) is 0 Å². The Morgan fingerprint density at radius 2 is 2.05 bits per heavy atom. The molecule has 0 fully saturated rings. The van der Waals surface area contributed by atoms with Crippen molar-refractivity contribution in [3.63, 3.8) is 0 Å². The summed E-state index contributed by atoms with van der Waals surface area (Å²) in [4.78, 5) is 4.33. The van der Waals surface area contributed by atoms with Gasteiger partial charge >= 0.3 is 0 Å². The average Bonchev–Trinajstić information content (AvgIpc) is 2.76. The third-order valence-electron chi connectivity index (χ3n) is 2.84. The number of rotatable bonds is 9. The van der Waals surface area contributed by atoms with Crippen LogP contribution < -0.4 is 0 Å². The molecule has 1 aromatic rings. The second-order valence-corrected chi connectivity index (χ2v) is 5.27. The number of ether oxygens (including phenoxy) is 1. The average molecular weight is 270 g/mol. The van der Waals surface area contributed by atoms with Crippen molar-refractivity contribution in [2.24, 2.45) is 5.92 Å². The quantitative estimate of drug-likeness (QED) is 0.747. The van der Waals surface area contributed by atoms with E-state index in [0.717, 1.165) is 19.3 Å². The van der Waals surface area contributed by atoms with Gasteiger partial charge in [-0.2, -0.15) is 4.98 Å². The lowest BCUT2D eigenvalue weighted by Gasteiger charge is -2.11. The van der Waals surface area contributed by atoms with Gasteiger partial charge in [0.05, 0.1) is 12.5 Å². The van der Waals surface area contributed by atoms with E-state index >= 15 is 0 Å². The number of aliphatic hydroxyl groups excluding tert-OH is 1. The molecule has 2 unspecified atom stereocenters. The third-order valence-corrected chi connectivity index (χ3v) is 2.84. The Hall–Kier alpha value is -0.940. The summed E-state index contributed by atoms with van der Waals surface area (Å²) in [5.74, 6) is 1.54. The largest absolute Gasteiger partial charge is 0.393 e. The Labute approximate surface area is 115 Å². The van der Waals surface area contributed by atoms with Crippen molar-refractivity contribution in [3.05, 3.63) is 11.7 Å². The Balaban J connectivity index is 2.59. The maximum Gasteiger partial charge on any atom is 0.229 e. The molecule has 1 N–H and O–H groups in total. The first-order chi connectivity index (χ1) is 9.06. The maximum absolute atomic E-state index is 9.87. The molecule has 19 heavy (non-hydrogen) atoms. The van der Waals surface area contributed by atoms with Gasteiger partial charge in [0.25, 0.3) is 0 Å². The molecule has 0 saturated heterocycles. The lowest BCUT2D eigenvalue weighted by Crippen LogP contribution is -2.13. The number of aromatic nitrogens is 2. The Kier molecular flexibility index (Phi) is 7.02. The highest BCUT2D eigenvalue weighted by atomic mass is 16.5. The summed E-state index contributed by atoms with van der Waals surface area (Å²) in [6, 6.07) is 0. The molecular weight excluding hydrogens is 244 g/mol. The Morgan fingerprint density at radius 3 is 2.63 bits per heavy atom. The van der Waals surface area contributed by atoms with Gasteiger partial charge in [-0.05, 0) is 25.7 Å². The third kappa shape index (κ3) is 5.70. The molecule has 1 aromatic heterocycles. The minimum absolute atomic E-state index is 0.102. The van der Waals surface area contributed by atoms with Crippen LogP contribution in [0.15, 0.2) is 4.52 Å². The highest BCUT2D eigenvalue weighted by Gasteiger charge is 2.19. The molecule has 0 bridgehead atoms. The minimum Gasteiger partial charge on any atom is -0.393 e. The molecule has 1 heterocycles. The monoisotopic (exact) mass is 270 g/mol. The molecule has 2 atom stereocenters. The molecule has 0 radical (unpaired) electrons. The van der Waals surface area contributed by atoms with Crippen LogP contribution in [0.25, 0.3) is 0 Å². The molecule has 0 aromatic carbocycles. The highest BCUT2D eigenvalue weighted by molar-refractivity contribution is 4.92. The smallest absolute Gasteiger partial charge is 0.229 e. The first-order valence-electron chi connectivity index (χ1n) is 7.18. The van der Waals surface area contributed by atoms with Crippen LogP contribution in [-0.4, -0.2) is 28.0 Å². The van der Waals surface area contributed by atoms with E-state index in [9.17, 15) is 5.11 Å². The lowest BCUT2D eigenvalue weighted by molar-refractivity contribution is 0.0477. The fraction of sp³-hybridized carbons (Fsp3) is 0.857. The maximum atomic E-state index is 9.87. The SMILES string of the molecule is CCCC(OCC)c1noc(CC(O)CC(C)C)n1. The number of hydrogen-bond acceptors (Lipinski definition) is 5. The first kappa shape index (κ1) is 16.1. The summed E-state index contributed by atoms with van der Waals surface area (Å²) in [6.07, 6.45) is 2.50. The van der Waals surface area contributed by atoms with Crippen molar-refractivity contribution in [2.45, 2.75) is 65.6 Å². The van der Waals surface area contributed by atoms with Gasteiger partial charge in [-0.15, -0.1) is 0 Å². The van der Waals surface area contributed by atoms with Gasteiger partial charge in [0.2, 0.25) is 11.7 Å². The number of aliphatic hydroxyl groups is 1. The molecule has 110 valence electrons. The van der Waals surface area contributed by atoms with Gasteiger partial charge in [-0.1, -0.05) is 32.3 Å². The molecule has 0 spiro atoms. The zero-order valence-corrected chi connectivity index (χ0v) is 12.4. The van der Waals surface area contributed by atoms with Crippen molar-refractivity contribution in [1.29, 1.82) is 0 Å².